The van der Waals surface area contributed by atoms with Crippen LogP contribution in [0.2, 0.25) is 0 Å². The molecule has 0 aromatic carbocycles. The number of carboxylic acids is 1. The number of nitrogens with zero attached hydrogens (tertiary/aromatic N) is 3. The molecule has 0 bridgehead atoms. The lowest BCUT2D eigenvalue weighted by molar-refractivity contribution is 0.0695. The van der Waals surface area contributed by atoms with Crippen LogP contribution in [0.4, 0.5) is 5.82 Å². The van der Waals surface area contributed by atoms with E-state index in [1.807, 2.05) is 0 Å². The average Bonchev–Trinajstić information content (AvgIpc) is 2.30. The van der Waals surface area contributed by atoms with Crippen molar-refractivity contribution in [3.63, 3.8) is 0 Å². The van der Waals surface area contributed by atoms with Crippen molar-refractivity contribution in [2.75, 3.05) is 38.1 Å². The highest BCUT2D eigenvalue weighted by Gasteiger charge is 2.17. The molecule has 0 spiro atoms. The molecule has 0 aliphatic carbocycles. The molecule has 7 heteroatoms. The van der Waals surface area contributed by atoms with Crippen LogP contribution in [0.5, 0.6) is 0 Å². The number of aromatic amines is 1. The maximum atomic E-state index is 11.0. The number of likely N-dealkylation sites (N-methyl/N-ethyl adjacent to an activating group) is 1. The molecule has 1 aromatic heterocycles. The summed E-state index contributed by atoms with van der Waals surface area (Å²) in [6, 6.07) is 1.53. The molecule has 0 unspecified atom stereocenters. The number of rotatable bonds is 2. The molecule has 1 fully saturated rings. The van der Waals surface area contributed by atoms with Gasteiger partial charge >= 0.3 is 5.97 Å². The Morgan fingerprint density at radius 3 is 2.71 bits per heavy atom. The number of aromatic carboxylic acids is 1. The predicted molar refractivity (Wildman–Crippen MR) is 66.1 cm³/mol. The minimum Gasteiger partial charge on any atom is -0.478 e. The Kier molecular flexibility index (Phi) is 3.39. The number of hydrogen-bond acceptors (Lipinski definition) is 5. The number of carboxylic acid groups (broad SMARTS) is 1. The highest BCUT2D eigenvalue weighted by Crippen LogP contribution is 2.14. The number of hydrogen-bond donors (Lipinski definition) is 2. The smallest absolute Gasteiger partial charge is 0.338 e. The molecule has 0 saturated carbocycles. The quantitative estimate of drug-likeness (QED) is 0.753. The molecule has 0 atom stereocenters. The topological polar surface area (TPSA) is 72.5 Å². The first-order valence-corrected chi connectivity index (χ1v) is 5.75. The van der Waals surface area contributed by atoms with Crippen molar-refractivity contribution < 1.29 is 9.90 Å². The molecule has 6 nitrogen and oxygen atoms in total. The summed E-state index contributed by atoms with van der Waals surface area (Å²) in [5.74, 6) is -0.381. The summed E-state index contributed by atoms with van der Waals surface area (Å²) in [5.41, 5.74) is 0.101. The van der Waals surface area contributed by atoms with Crippen molar-refractivity contribution in [1.29, 1.82) is 0 Å². The maximum absolute atomic E-state index is 11.0. The molecule has 1 saturated heterocycles. The van der Waals surface area contributed by atoms with E-state index in [-0.39, 0.29) is 10.2 Å². The molecule has 1 aliphatic heterocycles. The van der Waals surface area contributed by atoms with E-state index in [9.17, 15) is 4.79 Å². The number of piperazine rings is 1. The van der Waals surface area contributed by atoms with Crippen LogP contribution in [0.1, 0.15) is 10.4 Å². The Hall–Kier alpha value is -1.47. The van der Waals surface area contributed by atoms with Gasteiger partial charge in [0.2, 0.25) is 0 Å². The van der Waals surface area contributed by atoms with E-state index in [4.69, 9.17) is 17.3 Å². The van der Waals surface area contributed by atoms with E-state index in [0.717, 1.165) is 26.2 Å². The summed E-state index contributed by atoms with van der Waals surface area (Å²) in [6.45, 7) is 3.57. The fourth-order valence-electron chi connectivity index (χ4n) is 1.75. The van der Waals surface area contributed by atoms with Crippen molar-refractivity contribution >= 4 is 24.0 Å². The average molecular weight is 254 g/mol. The fourth-order valence-corrected chi connectivity index (χ4v) is 1.94. The lowest BCUT2D eigenvalue weighted by atomic mass is 10.2. The van der Waals surface area contributed by atoms with Crippen LogP contribution in [0.15, 0.2) is 6.07 Å². The predicted octanol–water partition coefficient (Wildman–Crippen LogP) is 0.589. The zero-order chi connectivity index (χ0) is 12.4. The molecule has 0 radical (unpaired) electrons. The van der Waals surface area contributed by atoms with Gasteiger partial charge in [-0.3, -0.25) is 5.10 Å². The summed E-state index contributed by atoms with van der Waals surface area (Å²) >= 11 is 4.88. The Morgan fingerprint density at radius 1 is 1.47 bits per heavy atom. The van der Waals surface area contributed by atoms with Gasteiger partial charge in [-0.25, -0.2) is 4.79 Å². The summed E-state index contributed by atoms with van der Waals surface area (Å²) in [5, 5.41) is 15.7. The monoisotopic (exact) mass is 254 g/mol. The summed E-state index contributed by atoms with van der Waals surface area (Å²) in [4.78, 5) is 15.2. The molecule has 2 rings (SSSR count). The third-order valence-electron chi connectivity index (χ3n) is 2.85. The van der Waals surface area contributed by atoms with Crippen LogP contribution >= 0.6 is 12.2 Å². The van der Waals surface area contributed by atoms with E-state index >= 15 is 0 Å². The molecule has 1 aromatic rings. The highest BCUT2D eigenvalue weighted by molar-refractivity contribution is 7.71. The number of H-pyrrole nitrogens is 1. The minimum atomic E-state index is -1.02. The van der Waals surface area contributed by atoms with Crippen LogP contribution in [-0.4, -0.2) is 59.4 Å². The van der Waals surface area contributed by atoms with Crippen LogP contribution < -0.4 is 4.90 Å². The number of anilines is 1. The fraction of sp³-hybridized carbons (Fsp3) is 0.500. The first kappa shape index (κ1) is 12.0. The number of aromatic nitrogens is 2. The van der Waals surface area contributed by atoms with E-state index < -0.39 is 5.97 Å². The molecule has 92 valence electrons. The van der Waals surface area contributed by atoms with Crippen molar-refractivity contribution in [2.24, 2.45) is 0 Å². The lowest BCUT2D eigenvalue weighted by Gasteiger charge is -2.33. The summed E-state index contributed by atoms with van der Waals surface area (Å²) in [7, 11) is 2.06. The van der Waals surface area contributed by atoms with E-state index in [1.165, 1.54) is 6.07 Å². The number of nitrogens with one attached hydrogen (secondary N) is 1. The van der Waals surface area contributed by atoms with Gasteiger partial charge in [-0.15, -0.1) is 0 Å². The van der Waals surface area contributed by atoms with Gasteiger partial charge in [0, 0.05) is 26.2 Å². The third-order valence-corrected chi connectivity index (χ3v) is 3.16. The first-order valence-electron chi connectivity index (χ1n) is 5.34. The standard InChI is InChI=1S/C10H14N4O2S/c1-13-2-4-14(5-3-13)8-6-7(10(15)16)9(17)12-11-8/h6H,2-5H2,1H3,(H,12,17)(H,15,16). The summed E-state index contributed by atoms with van der Waals surface area (Å²) < 4.78 is 0.162. The van der Waals surface area contributed by atoms with Gasteiger partial charge in [0.05, 0.1) is 5.56 Å². The lowest BCUT2D eigenvalue weighted by Crippen LogP contribution is -2.45. The normalized spacial score (nSPS) is 17.1. The Balaban J connectivity index is 2.25. The van der Waals surface area contributed by atoms with E-state index in [1.54, 1.807) is 0 Å². The van der Waals surface area contributed by atoms with E-state index in [0.29, 0.717) is 5.82 Å². The van der Waals surface area contributed by atoms with Crippen LogP contribution in [0, 0.1) is 4.64 Å². The second kappa shape index (κ2) is 4.80. The van der Waals surface area contributed by atoms with Crippen molar-refractivity contribution in [1.82, 2.24) is 15.1 Å². The van der Waals surface area contributed by atoms with Gasteiger partial charge in [-0.05, 0) is 13.1 Å². The SMILES string of the molecule is CN1CCN(c2cc(C(=O)O)c(=S)[nH]n2)CC1. The molecule has 0 amide bonds. The van der Waals surface area contributed by atoms with Crippen molar-refractivity contribution in [3.8, 4) is 0 Å². The molecular weight excluding hydrogens is 240 g/mol. The molecule has 17 heavy (non-hydrogen) atoms. The van der Waals surface area contributed by atoms with Crippen molar-refractivity contribution in [3.05, 3.63) is 16.3 Å². The summed E-state index contributed by atoms with van der Waals surface area (Å²) in [6.07, 6.45) is 0. The van der Waals surface area contributed by atoms with Gasteiger partial charge < -0.3 is 14.9 Å². The maximum Gasteiger partial charge on any atom is 0.338 e. The molecule has 2 heterocycles. The highest BCUT2D eigenvalue weighted by atomic mass is 32.1. The number of carbonyl (C=O) groups is 1. The molecule has 2 N–H and O–H groups in total. The Bertz CT molecular complexity index is 479. The minimum absolute atomic E-state index is 0.101. The van der Waals surface area contributed by atoms with Crippen LogP contribution in [0.25, 0.3) is 0 Å². The first-order chi connectivity index (χ1) is 8.08. The molecule has 1 aliphatic rings. The van der Waals surface area contributed by atoms with Crippen LogP contribution in [-0.2, 0) is 0 Å². The largest absolute Gasteiger partial charge is 0.478 e. The third kappa shape index (κ3) is 2.62. The van der Waals surface area contributed by atoms with Gasteiger partial charge in [0.15, 0.2) is 0 Å². The van der Waals surface area contributed by atoms with Gasteiger partial charge in [-0.2, -0.15) is 5.10 Å². The zero-order valence-corrected chi connectivity index (χ0v) is 10.3. The Morgan fingerprint density at radius 2 is 2.12 bits per heavy atom. The second-order valence-electron chi connectivity index (χ2n) is 4.06. The van der Waals surface area contributed by atoms with Crippen LogP contribution in [0.3, 0.4) is 0 Å². The van der Waals surface area contributed by atoms with Crippen molar-refractivity contribution in [2.45, 2.75) is 0 Å². The molecular formula is C10H14N4O2S. The van der Waals surface area contributed by atoms with Gasteiger partial charge in [0.1, 0.15) is 10.5 Å². The van der Waals surface area contributed by atoms with E-state index in [2.05, 4.69) is 27.0 Å². The zero-order valence-electron chi connectivity index (χ0n) is 9.51. The van der Waals surface area contributed by atoms with Gasteiger partial charge in [-0.1, -0.05) is 12.2 Å². The second-order valence-corrected chi connectivity index (χ2v) is 4.47. The Labute approximate surface area is 104 Å². The van der Waals surface area contributed by atoms with Gasteiger partial charge in [0.25, 0.3) is 0 Å².